The van der Waals surface area contributed by atoms with Gasteiger partial charge in [0.15, 0.2) is 0 Å². The minimum absolute atomic E-state index is 0.0291. The number of rotatable bonds is 1. The highest BCUT2D eigenvalue weighted by Crippen LogP contribution is 2.24. The Labute approximate surface area is 93.8 Å². The molecule has 2 saturated heterocycles. The largest absolute Gasteiger partial charge is 0.303 e. The van der Waals surface area contributed by atoms with Crippen molar-refractivity contribution in [2.75, 3.05) is 18.1 Å². The lowest BCUT2D eigenvalue weighted by molar-refractivity contribution is -0.127. The molecule has 5 nitrogen and oxygen atoms in total. The van der Waals surface area contributed by atoms with E-state index in [1.807, 2.05) is 30.3 Å². The lowest BCUT2D eigenvalue weighted by atomic mass is 9.99. The molecule has 84 valence electrons. The van der Waals surface area contributed by atoms with E-state index in [0.717, 1.165) is 12.2 Å². The first-order valence-electron chi connectivity index (χ1n) is 5.47. The summed E-state index contributed by atoms with van der Waals surface area (Å²) < 4.78 is 0. The molecule has 2 heterocycles. The highest BCUT2D eigenvalue weighted by atomic mass is 16.2. The maximum atomic E-state index is 11.6. The number of benzene rings is 1. The van der Waals surface area contributed by atoms with Gasteiger partial charge in [-0.25, -0.2) is 10.9 Å². The first-order chi connectivity index (χ1) is 7.86. The lowest BCUT2D eigenvalue weighted by Gasteiger charge is -2.31. The van der Waals surface area contributed by atoms with Gasteiger partial charge in [-0.1, -0.05) is 18.2 Å². The SMILES string of the molecule is O=C1NNCC2C1CNN2c1ccccc1. The van der Waals surface area contributed by atoms with Gasteiger partial charge in [0.1, 0.15) is 0 Å². The Kier molecular flexibility index (Phi) is 2.27. The number of nitrogens with one attached hydrogen (secondary N) is 3. The number of para-hydroxylation sites is 1. The van der Waals surface area contributed by atoms with Crippen molar-refractivity contribution in [2.45, 2.75) is 6.04 Å². The second-order valence-electron chi connectivity index (χ2n) is 4.11. The van der Waals surface area contributed by atoms with E-state index in [1.54, 1.807) is 0 Å². The number of carbonyl (C=O) groups is 1. The van der Waals surface area contributed by atoms with E-state index in [9.17, 15) is 4.79 Å². The smallest absolute Gasteiger partial charge is 0.240 e. The number of hydrogen-bond acceptors (Lipinski definition) is 4. The third-order valence-corrected chi connectivity index (χ3v) is 3.17. The summed E-state index contributed by atoms with van der Waals surface area (Å²) in [7, 11) is 0. The topological polar surface area (TPSA) is 56.4 Å². The van der Waals surface area contributed by atoms with Crippen LogP contribution in [0, 0.1) is 5.92 Å². The molecule has 2 atom stereocenters. The number of anilines is 1. The minimum Gasteiger partial charge on any atom is -0.303 e. The van der Waals surface area contributed by atoms with Crippen molar-refractivity contribution in [1.29, 1.82) is 0 Å². The van der Waals surface area contributed by atoms with Crippen molar-refractivity contribution in [3.05, 3.63) is 30.3 Å². The summed E-state index contributed by atoms with van der Waals surface area (Å²) in [6.45, 7) is 1.46. The van der Waals surface area contributed by atoms with Crippen LogP contribution in [-0.4, -0.2) is 25.0 Å². The molecule has 0 radical (unpaired) electrons. The van der Waals surface area contributed by atoms with Gasteiger partial charge in [0.2, 0.25) is 5.91 Å². The van der Waals surface area contributed by atoms with Gasteiger partial charge < -0.3 is 5.01 Å². The fourth-order valence-electron chi connectivity index (χ4n) is 2.34. The quantitative estimate of drug-likeness (QED) is 0.602. The number of carbonyl (C=O) groups excluding carboxylic acids is 1. The van der Waals surface area contributed by atoms with Gasteiger partial charge >= 0.3 is 0 Å². The molecule has 3 rings (SSSR count). The molecular formula is C11H14N4O. The maximum Gasteiger partial charge on any atom is 0.240 e. The van der Waals surface area contributed by atoms with Gasteiger partial charge in [0.05, 0.1) is 17.6 Å². The molecule has 0 bridgehead atoms. The van der Waals surface area contributed by atoms with Crippen molar-refractivity contribution in [3.8, 4) is 0 Å². The fourth-order valence-corrected chi connectivity index (χ4v) is 2.34. The van der Waals surface area contributed by atoms with E-state index in [4.69, 9.17) is 0 Å². The molecular weight excluding hydrogens is 204 g/mol. The maximum absolute atomic E-state index is 11.6. The first kappa shape index (κ1) is 9.62. The summed E-state index contributed by atoms with van der Waals surface area (Å²) in [5.74, 6) is 0.101. The van der Waals surface area contributed by atoms with Crippen molar-refractivity contribution < 1.29 is 4.79 Å². The van der Waals surface area contributed by atoms with Crippen LogP contribution in [0.3, 0.4) is 0 Å². The van der Waals surface area contributed by atoms with E-state index in [-0.39, 0.29) is 17.9 Å². The predicted molar refractivity (Wildman–Crippen MR) is 60.3 cm³/mol. The average Bonchev–Trinajstić information content (AvgIpc) is 2.75. The standard InChI is InChI=1S/C11H14N4O/c16-11-9-6-13-15(10(9)7-12-14-11)8-4-2-1-3-5-8/h1-5,9-10,12-13H,6-7H2,(H,14,16). The Morgan fingerprint density at radius 1 is 1.19 bits per heavy atom. The summed E-state index contributed by atoms with van der Waals surface area (Å²) >= 11 is 0. The van der Waals surface area contributed by atoms with Crippen LogP contribution in [0.2, 0.25) is 0 Å². The Hall–Kier alpha value is -1.59. The Morgan fingerprint density at radius 2 is 2.00 bits per heavy atom. The Bertz CT molecular complexity index is 394. The highest BCUT2D eigenvalue weighted by Gasteiger charge is 2.41. The summed E-state index contributed by atoms with van der Waals surface area (Å²) in [6.07, 6.45) is 0. The predicted octanol–water partition coefficient (Wildman–Crippen LogP) is -0.370. The van der Waals surface area contributed by atoms with Crippen LogP contribution in [0.15, 0.2) is 30.3 Å². The van der Waals surface area contributed by atoms with Crippen LogP contribution in [0.5, 0.6) is 0 Å². The number of nitrogens with zero attached hydrogens (tertiary/aromatic N) is 1. The molecule has 0 spiro atoms. The zero-order valence-corrected chi connectivity index (χ0v) is 8.81. The van der Waals surface area contributed by atoms with Crippen LogP contribution in [0.4, 0.5) is 5.69 Å². The molecule has 2 aliphatic rings. The summed E-state index contributed by atoms with van der Waals surface area (Å²) in [4.78, 5) is 11.6. The van der Waals surface area contributed by atoms with E-state index >= 15 is 0 Å². The first-order valence-corrected chi connectivity index (χ1v) is 5.47. The second kappa shape index (κ2) is 3.77. The molecule has 0 aliphatic carbocycles. The molecule has 2 unspecified atom stereocenters. The van der Waals surface area contributed by atoms with Gasteiger partial charge in [-0.2, -0.15) is 0 Å². The monoisotopic (exact) mass is 218 g/mol. The summed E-state index contributed by atoms with van der Waals surface area (Å²) in [5, 5.41) is 2.08. The number of hydrazine groups is 2. The van der Waals surface area contributed by atoms with E-state index in [2.05, 4.69) is 21.3 Å². The van der Waals surface area contributed by atoms with Gasteiger partial charge in [0.25, 0.3) is 0 Å². The lowest BCUT2D eigenvalue weighted by Crippen LogP contribution is -2.57. The van der Waals surface area contributed by atoms with Gasteiger partial charge in [0, 0.05) is 13.1 Å². The molecule has 1 aromatic rings. The molecule has 0 aromatic heterocycles. The van der Waals surface area contributed by atoms with Crippen molar-refractivity contribution >= 4 is 11.6 Å². The molecule has 2 aliphatic heterocycles. The van der Waals surface area contributed by atoms with Gasteiger partial charge in [-0.15, -0.1) is 0 Å². The van der Waals surface area contributed by atoms with Crippen LogP contribution in [0.1, 0.15) is 0 Å². The number of amides is 1. The molecule has 1 amide bonds. The van der Waals surface area contributed by atoms with E-state index in [1.165, 1.54) is 0 Å². The molecule has 5 heteroatoms. The van der Waals surface area contributed by atoms with Gasteiger partial charge in [-0.05, 0) is 12.1 Å². The third kappa shape index (κ3) is 1.45. The zero-order valence-electron chi connectivity index (χ0n) is 8.81. The van der Waals surface area contributed by atoms with Gasteiger partial charge in [-0.3, -0.25) is 10.2 Å². The van der Waals surface area contributed by atoms with Crippen LogP contribution < -0.4 is 21.3 Å². The van der Waals surface area contributed by atoms with E-state index < -0.39 is 0 Å². The van der Waals surface area contributed by atoms with Crippen LogP contribution >= 0.6 is 0 Å². The summed E-state index contributed by atoms with van der Waals surface area (Å²) in [5.41, 5.74) is 9.98. The molecule has 3 N–H and O–H groups in total. The number of hydrogen-bond donors (Lipinski definition) is 3. The van der Waals surface area contributed by atoms with Crippen LogP contribution in [0.25, 0.3) is 0 Å². The fraction of sp³-hybridized carbons (Fsp3) is 0.364. The average molecular weight is 218 g/mol. The zero-order chi connectivity index (χ0) is 11.0. The van der Waals surface area contributed by atoms with Crippen molar-refractivity contribution in [1.82, 2.24) is 16.3 Å². The molecule has 2 fully saturated rings. The van der Waals surface area contributed by atoms with Crippen LogP contribution in [-0.2, 0) is 4.79 Å². The molecule has 1 aromatic carbocycles. The normalized spacial score (nSPS) is 28.8. The summed E-state index contributed by atoms with van der Waals surface area (Å²) in [6, 6.07) is 10.3. The van der Waals surface area contributed by atoms with Crippen molar-refractivity contribution in [2.24, 2.45) is 5.92 Å². The third-order valence-electron chi connectivity index (χ3n) is 3.17. The molecule has 16 heavy (non-hydrogen) atoms. The van der Waals surface area contributed by atoms with Crippen molar-refractivity contribution in [3.63, 3.8) is 0 Å². The number of fused-ring (bicyclic) bond motifs is 1. The Balaban J connectivity index is 1.86. The Morgan fingerprint density at radius 3 is 2.81 bits per heavy atom. The second-order valence-corrected chi connectivity index (χ2v) is 4.11. The highest BCUT2D eigenvalue weighted by molar-refractivity contribution is 5.81. The minimum atomic E-state index is 0.0291. The molecule has 0 saturated carbocycles. The van der Waals surface area contributed by atoms with E-state index in [0.29, 0.717) is 6.54 Å².